The Balaban J connectivity index is 1.51. The summed E-state index contributed by atoms with van der Waals surface area (Å²) in [5.74, 6) is 0. The predicted molar refractivity (Wildman–Crippen MR) is 108 cm³/mol. The summed E-state index contributed by atoms with van der Waals surface area (Å²) in [5, 5.41) is 11.2. The quantitative estimate of drug-likeness (QED) is 0.643. The van der Waals surface area contributed by atoms with E-state index < -0.39 is 0 Å². The van der Waals surface area contributed by atoms with Gasteiger partial charge in [0.05, 0.1) is 11.4 Å². The Hall–Kier alpha value is -1.54. The minimum absolute atomic E-state index is 0.580. The van der Waals surface area contributed by atoms with Gasteiger partial charge in [-0.25, -0.2) is 0 Å². The second-order valence-electron chi connectivity index (χ2n) is 6.39. The molecule has 0 aliphatic carbocycles. The van der Waals surface area contributed by atoms with Crippen LogP contribution in [0, 0.1) is 10.9 Å². The van der Waals surface area contributed by atoms with Gasteiger partial charge in [-0.05, 0) is 42.2 Å². The molecule has 1 aromatic carbocycles. The number of anilines is 2. The van der Waals surface area contributed by atoms with Gasteiger partial charge in [-0.3, -0.25) is 0 Å². The van der Waals surface area contributed by atoms with Crippen molar-refractivity contribution in [3.05, 3.63) is 56.2 Å². The van der Waals surface area contributed by atoms with Gasteiger partial charge in [0.2, 0.25) is 5.13 Å². The van der Waals surface area contributed by atoms with Gasteiger partial charge >= 0.3 is 0 Å². The number of quaternary nitrogens is 1. The molecule has 1 aliphatic heterocycles. The van der Waals surface area contributed by atoms with Crippen LogP contribution in [-0.4, -0.2) is 16.3 Å². The number of nitrogens with one attached hydrogen (secondary N) is 2. The highest BCUT2D eigenvalue weighted by molar-refractivity contribution is 7.73. The number of aromatic nitrogens is 2. The number of para-hydroxylation sites is 1. The van der Waals surface area contributed by atoms with E-state index in [-0.39, 0.29) is 0 Å². The van der Waals surface area contributed by atoms with Crippen LogP contribution in [0.15, 0.2) is 41.8 Å². The van der Waals surface area contributed by atoms with Crippen molar-refractivity contribution in [3.63, 3.8) is 0 Å². The Morgan fingerprint density at radius 2 is 2.20 bits per heavy atom. The van der Waals surface area contributed by atoms with Crippen LogP contribution in [0.4, 0.5) is 10.8 Å². The summed E-state index contributed by atoms with van der Waals surface area (Å²) in [6, 6.07) is 13.2. The van der Waals surface area contributed by atoms with Gasteiger partial charge in [-0.15, -0.1) is 16.4 Å². The lowest BCUT2D eigenvalue weighted by molar-refractivity contribution is -0.941. The first-order valence-electron chi connectivity index (χ1n) is 8.49. The number of benzene rings is 1. The highest BCUT2D eigenvalue weighted by atomic mass is 32.1. The Bertz CT molecular complexity index is 897. The fourth-order valence-electron chi connectivity index (χ4n) is 3.41. The summed E-state index contributed by atoms with van der Waals surface area (Å²) in [6.07, 6.45) is 2.52. The van der Waals surface area contributed by atoms with E-state index >= 15 is 0 Å². The summed E-state index contributed by atoms with van der Waals surface area (Å²) >= 11 is 8.97. The zero-order valence-electron chi connectivity index (χ0n) is 14.1. The SMILES string of the molecule is Cc1ccccc1Nc1nn(C[NH+]2CCC[C@H]2c2cccs2)c(=S)s1. The molecule has 1 saturated heterocycles. The fourth-order valence-corrected chi connectivity index (χ4v) is 5.35. The fraction of sp³-hybridized carbons (Fsp3) is 0.333. The molecule has 1 fully saturated rings. The number of hydrogen-bond donors (Lipinski definition) is 2. The molecule has 0 amide bonds. The molecule has 4 nitrogen and oxygen atoms in total. The summed E-state index contributed by atoms with van der Waals surface area (Å²) in [7, 11) is 0. The maximum Gasteiger partial charge on any atom is 0.209 e. The lowest BCUT2D eigenvalue weighted by atomic mass is 10.2. The van der Waals surface area contributed by atoms with Crippen LogP contribution < -0.4 is 10.2 Å². The third kappa shape index (κ3) is 3.69. The number of nitrogens with zero attached hydrogens (tertiary/aromatic N) is 2. The molecule has 0 radical (unpaired) electrons. The molecular weight excluding hydrogens is 368 g/mol. The van der Waals surface area contributed by atoms with Gasteiger partial charge in [-0.2, -0.15) is 4.68 Å². The first-order valence-corrected chi connectivity index (χ1v) is 10.6. The first kappa shape index (κ1) is 16.9. The molecule has 2 aromatic heterocycles. The Kier molecular flexibility index (Phi) is 4.98. The van der Waals surface area contributed by atoms with Crippen LogP contribution >= 0.6 is 34.9 Å². The van der Waals surface area contributed by atoms with E-state index in [0.717, 1.165) is 21.4 Å². The molecule has 0 bridgehead atoms. The Morgan fingerprint density at radius 1 is 1.32 bits per heavy atom. The lowest BCUT2D eigenvalue weighted by Crippen LogP contribution is -3.09. The van der Waals surface area contributed by atoms with E-state index in [2.05, 4.69) is 41.9 Å². The number of thiophene rings is 1. The monoisotopic (exact) mass is 389 g/mol. The van der Waals surface area contributed by atoms with Gasteiger partial charge in [0.15, 0.2) is 10.6 Å². The number of hydrogen-bond acceptors (Lipinski definition) is 5. The molecule has 1 unspecified atom stereocenters. The van der Waals surface area contributed by atoms with Crippen molar-refractivity contribution >= 4 is 45.7 Å². The van der Waals surface area contributed by atoms with Gasteiger partial charge in [0.25, 0.3) is 0 Å². The maximum absolute atomic E-state index is 5.56. The number of likely N-dealkylation sites (tertiary alicyclic amines) is 1. The molecule has 130 valence electrons. The minimum atomic E-state index is 0.580. The third-order valence-corrected chi connectivity index (χ3v) is 6.93. The molecule has 3 aromatic rings. The predicted octanol–water partition coefficient (Wildman–Crippen LogP) is 4.17. The van der Waals surface area contributed by atoms with E-state index in [1.54, 1.807) is 16.2 Å². The molecule has 3 heterocycles. The molecule has 0 saturated carbocycles. The second kappa shape index (κ2) is 7.37. The van der Waals surface area contributed by atoms with E-state index in [1.807, 2.05) is 28.2 Å². The van der Waals surface area contributed by atoms with Crippen LogP contribution in [0.2, 0.25) is 0 Å². The van der Waals surface area contributed by atoms with Crippen molar-refractivity contribution in [1.82, 2.24) is 9.78 Å². The van der Waals surface area contributed by atoms with Crippen LogP contribution in [-0.2, 0) is 6.67 Å². The summed E-state index contributed by atoms with van der Waals surface area (Å²) < 4.78 is 2.82. The van der Waals surface area contributed by atoms with Crippen molar-refractivity contribution < 1.29 is 4.90 Å². The van der Waals surface area contributed by atoms with Crippen molar-refractivity contribution in [3.8, 4) is 0 Å². The first-order chi connectivity index (χ1) is 12.2. The summed E-state index contributed by atoms with van der Waals surface area (Å²) in [5.41, 5.74) is 2.29. The zero-order valence-corrected chi connectivity index (χ0v) is 16.5. The van der Waals surface area contributed by atoms with Crippen molar-refractivity contribution in [2.45, 2.75) is 32.5 Å². The average Bonchev–Trinajstić information content (AvgIpc) is 3.32. The topological polar surface area (TPSA) is 34.3 Å². The number of aryl methyl sites for hydroxylation is 1. The third-order valence-electron chi connectivity index (χ3n) is 4.72. The largest absolute Gasteiger partial charge is 0.330 e. The Morgan fingerprint density at radius 3 is 3.00 bits per heavy atom. The number of rotatable bonds is 5. The van der Waals surface area contributed by atoms with Gasteiger partial charge in [-0.1, -0.05) is 35.6 Å². The van der Waals surface area contributed by atoms with Gasteiger partial charge < -0.3 is 10.2 Å². The molecule has 2 atom stereocenters. The molecule has 25 heavy (non-hydrogen) atoms. The molecule has 1 aliphatic rings. The maximum atomic E-state index is 5.56. The van der Waals surface area contributed by atoms with Crippen LogP contribution in [0.1, 0.15) is 29.3 Å². The summed E-state index contributed by atoms with van der Waals surface area (Å²) in [6.45, 7) is 4.12. The van der Waals surface area contributed by atoms with Crippen LogP contribution in [0.3, 0.4) is 0 Å². The zero-order chi connectivity index (χ0) is 17.2. The molecular formula is C18H21N4S3+. The standard InChI is InChI=1S/C18H20N4S3/c1-13-6-2-3-7-14(13)19-17-20-22(18(23)25-17)12-21-10-4-8-15(21)16-9-5-11-24-16/h2-3,5-7,9,11,15H,4,8,10,12H2,1H3,(H,19,20)/p+1/t15-/m0/s1. The Labute approximate surface area is 160 Å². The van der Waals surface area contributed by atoms with E-state index in [0.29, 0.717) is 6.04 Å². The van der Waals surface area contributed by atoms with Crippen molar-refractivity contribution in [2.75, 3.05) is 11.9 Å². The highest BCUT2D eigenvalue weighted by Gasteiger charge is 2.31. The van der Waals surface area contributed by atoms with Gasteiger partial charge in [0.1, 0.15) is 6.04 Å². The van der Waals surface area contributed by atoms with E-state index in [9.17, 15) is 0 Å². The van der Waals surface area contributed by atoms with Crippen molar-refractivity contribution in [2.24, 2.45) is 0 Å². The molecule has 2 N–H and O–H groups in total. The average molecular weight is 390 g/mol. The lowest BCUT2D eigenvalue weighted by Gasteiger charge is -2.20. The normalized spacial score (nSPS) is 20.0. The molecule has 4 rings (SSSR count). The van der Waals surface area contributed by atoms with Gasteiger partial charge in [0, 0.05) is 18.5 Å². The van der Waals surface area contributed by atoms with E-state index in [1.165, 1.54) is 29.8 Å². The highest BCUT2D eigenvalue weighted by Crippen LogP contribution is 2.25. The second-order valence-corrected chi connectivity index (χ2v) is 8.99. The molecule has 7 heteroatoms. The van der Waals surface area contributed by atoms with Crippen molar-refractivity contribution in [1.29, 1.82) is 0 Å². The summed E-state index contributed by atoms with van der Waals surface area (Å²) in [4.78, 5) is 3.04. The minimum Gasteiger partial charge on any atom is -0.330 e. The smallest absolute Gasteiger partial charge is 0.209 e. The molecule has 0 spiro atoms. The van der Waals surface area contributed by atoms with E-state index in [4.69, 9.17) is 17.3 Å². The van der Waals surface area contributed by atoms with Crippen LogP contribution in [0.25, 0.3) is 0 Å². The van der Waals surface area contributed by atoms with Crippen LogP contribution in [0.5, 0.6) is 0 Å².